The van der Waals surface area contributed by atoms with Gasteiger partial charge in [-0.2, -0.15) is 0 Å². The Morgan fingerprint density at radius 1 is 1.04 bits per heavy atom. The first-order chi connectivity index (χ1) is 12.7. The van der Waals surface area contributed by atoms with Gasteiger partial charge in [-0.25, -0.2) is 0 Å². The highest BCUT2D eigenvalue weighted by molar-refractivity contribution is 6.10. The number of hydrogen-bond donors (Lipinski definition) is 1. The molecule has 0 bridgehead atoms. The molecule has 0 aliphatic heterocycles. The number of aryl methyl sites for hydroxylation is 2. The van der Waals surface area contributed by atoms with Gasteiger partial charge in [-0.1, -0.05) is 51.1 Å². The summed E-state index contributed by atoms with van der Waals surface area (Å²) in [6.45, 7) is 9.86. The standard InChI is InChI=1S/C23H26N2O2/c1-15-10-11-16(2)19(12-15)24-21(26)14-25-13-18(22(27)23(3,4)5)17-8-6-7-9-20(17)25/h6-13H,14H2,1-5H3,(H,24,26). The minimum atomic E-state index is -0.476. The van der Waals surface area contributed by atoms with Crippen molar-refractivity contribution in [2.24, 2.45) is 5.41 Å². The lowest BCUT2D eigenvalue weighted by Gasteiger charge is -2.15. The number of benzene rings is 2. The second-order valence-electron chi connectivity index (χ2n) is 8.13. The fourth-order valence-corrected chi connectivity index (χ4v) is 3.18. The third-order valence-corrected chi connectivity index (χ3v) is 4.70. The van der Waals surface area contributed by atoms with Crippen LogP contribution in [0.1, 0.15) is 42.3 Å². The quantitative estimate of drug-likeness (QED) is 0.655. The molecule has 3 rings (SSSR count). The maximum atomic E-state index is 12.8. The number of carbonyl (C=O) groups is 2. The van der Waals surface area contributed by atoms with Gasteiger partial charge in [0.25, 0.3) is 0 Å². The molecule has 140 valence electrons. The summed E-state index contributed by atoms with van der Waals surface area (Å²) in [5.74, 6) is -0.0356. The molecule has 1 amide bonds. The third-order valence-electron chi connectivity index (χ3n) is 4.70. The Hall–Kier alpha value is -2.88. The number of rotatable bonds is 4. The second kappa shape index (κ2) is 7.03. The first-order valence-corrected chi connectivity index (χ1v) is 9.16. The van der Waals surface area contributed by atoms with Gasteiger partial charge in [-0.3, -0.25) is 9.59 Å². The summed E-state index contributed by atoms with van der Waals surface area (Å²) in [5.41, 5.74) is 4.02. The Kier molecular flexibility index (Phi) is 4.92. The van der Waals surface area contributed by atoms with Crippen LogP contribution in [0.4, 0.5) is 5.69 Å². The molecule has 0 unspecified atom stereocenters. The molecule has 2 aromatic carbocycles. The molecular formula is C23H26N2O2. The molecule has 0 aliphatic rings. The molecule has 0 saturated carbocycles. The van der Waals surface area contributed by atoms with Gasteiger partial charge in [0.05, 0.1) is 0 Å². The molecular weight excluding hydrogens is 336 g/mol. The Balaban J connectivity index is 1.92. The average Bonchev–Trinajstić information content (AvgIpc) is 2.95. The van der Waals surface area contributed by atoms with Crippen LogP contribution in [0.25, 0.3) is 10.9 Å². The Labute approximate surface area is 160 Å². The number of para-hydroxylation sites is 1. The van der Waals surface area contributed by atoms with E-state index in [9.17, 15) is 9.59 Å². The minimum Gasteiger partial charge on any atom is -0.337 e. The van der Waals surface area contributed by atoms with Crippen molar-refractivity contribution in [1.29, 1.82) is 0 Å². The number of aromatic nitrogens is 1. The molecule has 0 aliphatic carbocycles. The highest BCUT2D eigenvalue weighted by atomic mass is 16.2. The summed E-state index contributed by atoms with van der Waals surface area (Å²) in [6, 6.07) is 13.7. The maximum Gasteiger partial charge on any atom is 0.244 e. The van der Waals surface area contributed by atoms with Gasteiger partial charge in [0, 0.05) is 33.8 Å². The highest BCUT2D eigenvalue weighted by Gasteiger charge is 2.26. The minimum absolute atomic E-state index is 0.0763. The van der Waals surface area contributed by atoms with Gasteiger partial charge in [0.2, 0.25) is 5.91 Å². The van der Waals surface area contributed by atoms with Crippen molar-refractivity contribution in [2.45, 2.75) is 41.2 Å². The van der Waals surface area contributed by atoms with Crippen molar-refractivity contribution < 1.29 is 9.59 Å². The highest BCUT2D eigenvalue weighted by Crippen LogP contribution is 2.28. The van der Waals surface area contributed by atoms with E-state index in [-0.39, 0.29) is 18.2 Å². The summed E-state index contributed by atoms with van der Waals surface area (Å²) < 4.78 is 1.86. The topological polar surface area (TPSA) is 51.1 Å². The van der Waals surface area contributed by atoms with E-state index in [0.29, 0.717) is 5.56 Å². The summed E-state index contributed by atoms with van der Waals surface area (Å²) in [5, 5.41) is 3.87. The van der Waals surface area contributed by atoms with E-state index >= 15 is 0 Å². The molecule has 3 aromatic rings. The number of anilines is 1. The SMILES string of the molecule is Cc1ccc(C)c(NC(=O)Cn2cc(C(=O)C(C)(C)C)c3ccccc32)c1. The van der Waals surface area contributed by atoms with E-state index in [2.05, 4.69) is 5.32 Å². The predicted octanol–water partition coefficient (Wildman–Crippen LogP) is 5.13. The molecule has 27 heavy (non-hydrogen) atoms. The summed E-state index contributed by atoms with van der Waals surface area (Å²) in [4.78, 5) is 25.5. The van der Waals surface area contributed by atoms with Crippen LogP contribution >= 0.6 is 0 Å². The number of carbonyl (C=O) groups excluding carboxylic acids is 2. The van der Waals surface area contributed by atoms with Crippen LogP contribution in [0.2, 0.25) is 0 Å². The van der Waals surface area contributed by atoms with Crippen LogP contribution < -0.4 is 5.32 Å². The largest absolute Gasteiger partial charge is 0.337 e. The smallest absolute Gasteiger partial charge is 0.244 e. The van der Waals surface area contributed by atoms with Gasteiger partial charge >= 0.3 is 0 Å². The van der Waals surface area contributed by atoms with Gasteiger partial charge < -0.3 is 9.88 Å². The first kappa shape index (κ1) is 18.9. The fraction of sp³-hybridized carbons (Fsp3) is 0.304. The van der Waals surface area contributed by atoms with Crippen molar-refractivity contribution in [3.8, 4) is 0 Å². The molecule has 0 radical (unpaired) electrons. The molecule has 1 heterocycles. The molecule has 4 nitrogen and oxygen atoms in total. The van der Waals surface area contributed by atoms with E-state index in [1.807, 2.05) is 81.7 Å². The fourth-order valence-electron chi connectivity index (χ4n) is 3.18. The summed E-state index contributed by atoms with van der Waals surface area (Å²) >= 11 is 0. The zero-order valence-electron chi connectivity index (χ0n) is 16.6. The van der Waals surface area contributed by atoms with Crippen molar-refractivity contribution in [3.05, 3.63) is 65.4 Å². The number of nitrogens with zero attached hydrogens (tertiary/aromatic N) is 1. The van der Waals surface area contributed by atoms with Crippen molar-refractivity contribution in [2.75, 3.05) is 5.32 Å². The normalized spacial score (nSPS) is 11.6. The van der Waals surface area contributed by atoms with Gasteiger partial charge in [0.1, 0.15) is 6.54 Å². The summed E-state index contributed by atoms with van der Waals surface area (Å²) in [6.07, 6.45) is 1.81. The Morgan fingerprint density at radius 2 is 1.74 bits per heavy atom. The molecule has 0 saturated heterocycles. The number of fused-ring (bicyclic) bond motifs is 1. The predicted molar refractivity (Wildman–Crippen MR) is 110 cm³/mol. The number of nitrogens with one attached hydrogen (secondary N) is 1. The van der Waals surface area contributed by atoms with Crippen molar-refractivity contribution >= 4 is 28.3 Å². The number of Topliss-reactive ketones (excluding diaryl/α,β-unsaturated/α-hetero) is 1. The lowest BCUT2D eigenvalue weighted by Crippen LogP contribution is -2.20. The molecule has 0 atom stereocenters. The Morgan fingerprint density at radius 3 is 2.44 bits per heavy atom. The monoisotopic (exact) mass is 362 g/mol. The first-order valence-electron chi connectivity index (χ1n) is 9.16. The number of amides is 1. The molecule has 0 spiro atoms. The van der Waals surface area contributed by atoms with E-state index in [4.69, 9.17) is 0 Å². The Bertz CT molecular complexity index is 1020. The van der Waals surface area contributed by atoms with E-state index in [0.717, 1.165) is 27.7 Å². The van der Waals surface area contributed by atoms with E-state index < -0.39 is 5.41 Å². The van der Waals surface area contributed by atoms with E-state index in [1.54, 1.807) is 6.20 Å². The zero-order chi connectivity index (χ0) is 19.8. The van der Waals surface area contributed by atoms with Crippen LogP contribution in [-0.4, -0.2) is 16.3 Å². The van der Waals surface area contributed by atoms with Crippen molar-refractivity contribution in [1.82, 2.24) is 4.57 Å². The van der Waals surface area contributed by atoms with Crippen LogP contribution in [0.15, 0.2) is 48.7 Å². The zero-order valence-corrected chi connectivity index (χ0v) is 16.6. The van der Waals surface area contributed by atoms with Crippen LogP contribution in [0, 0.1) is 19.3 Å². The number of hydrogen-bond acceptors (Lipinski definition) is 2. The van der Waals surface area contributed by atoms with Crippen LogP contribution in [0.5, 0.6) is 0 Å². The molecule has 1 N–H and O–H groups in total. The van der Waals surface area contributed by atoms with Crippen LogP contribution in [-0.2, 0) is 11.3 Å². The lowest BCUT2D eigenvalue weighted by atomic mass is 9.86. The van der Waals surface area contributed by atoms with Crippen molar-refractivity contribution in [3.63, 3.8) is 0 Å². The molecule has 0 fully saturated rings. The molecule has 1 aromatic heterocycles. The third kappa shape index (κ3) is 3.95. The van der Waals surface area contributed by atoms with Crippen LogP contribution in [0.3, 0.4) is 0 Å². The van der Waals surface area contributed by atoms with Gasteiger partial charge in [0.15, 0.2) is 5.78 Å². The molecule has 4 heteroatoms. The number of ketones is 1. The van der Waals surface area contributed by atoms with E-state index in [1.165, 1.54) is 0 Å². The van der Waals surface area contributed by atoms with Gasteiger partial charge in [-0.05, 0) is 37.1 Å². The second-order valence-corrected chi connectivity index (χ2v) is 8.13. The maximum absolute atomic E-state index is 12.8. The van der Waals surface area contributed by atoms with Gasteiger partial charge in [-0.15, -0.1) is 0 Å². The lowest BCUT2D eigenvalue weighted by molar-refractivity contribution is -0.116. The summed E-state index contributed by atoms with van der Waals surface area (Å²) in [7, 11) is 0. The average molecular weight is 362 g/mol.